The van der Waals surface area contributed by atoms with Crippen molar-refractivity contribution >= 4 is 39.5 Å². The summed E-state index contributed by atoms with van der Waals surface area (Å²) in [5.41, 5.74) is 0. The lowest BCUT2D eigenvalue weighted by Gasteiger charge is -2.21. The van der Waals surface area contributed by atoms with Crippen LogP contribution in [-0.2, 0) is 65.4 Å². The van der Waals surface area contributed by atoms with E-state index in [2.05, 4.69) is 41.5 Å². The van der Waals surface area contributed by atoms with Gasteiger partial charge in [-0.25, -0.2) is 9.13 Å². The average molecular weight is 1550 g/mol. The molecular formula is C87H170O17P2. The third-order valence-electron chi connectivity index (χ3n) is 20.8. The normalized spacial score (nSPS) is 14.1. The zero-order valence-electron chi connectivity index (χ0n) is 69.7. The van der Waals surface area contributed by atoms with Gasteiger partial charge in [0.05, 0.1) is 26.4 Å². The lowest BCUT2D eigenvalue weighted by Crippen LogP contribution is -2.30. The van der Waals surface area contributed by atoms with Crippen molar-refractivity contribution in [2.75, 3.05) is 39.6 Å². The Morgan fingerprint density at radius 2 is 0.481 bits per heavy atom. The molecule has 0 aliphatic carbocycles. The van der Waals surface area contributed by atoms with E-state index in [0.29, 0.717) is 25.7 Å². The van der Waals surface area contributed by atoms with Crippen molar-refractivity contribution in [2.24, 2.45) is 11.8 Å². The minimum absolute atomic E-state index is 0.108. The average Bonchev–Trinajstić information content (AvgIpc) is 0.901. The van der Waals surface area contributed by atoms with Crippen LogP contribution in [0.1, 0.15) is 465 Å². The fourth-order valence-corrected chi connectivity index (χ4v) is 15.1. The lowest BCUT2D eigenvalue weighted by molar-refractivity contribution is -0.161. The first-order valence-corrected chi connectivity index (χ1v) is 48.0. The molecular weight excluding hydrogens is 1380 g/mol. The Morgan fingerprint density at radius 3 is 0.717 bits per heavy atom. The first-order chi connectivity index (χ1) is 51.4. The molecule has 0 saturated heterocycles. The maximum absolute atomic E-state index is 13.2. The van der Waals surface area contributed by atoms with Crippen LogP contribution in [0, 0.1) is 11.8 Å². The largest absolute Gasteiger partial charge is 0.472 e. The summed E-state index contributed by atoms with van der Waals surface area (Å²) in [7, 11) is -9.93. The molecule has 0 aliphatic rings. The van der Waals surface area contributed by atoms with Crippen LogP contribution in [0.4, 0.5) is 0 Å². The molecule has 3 unspecified atom stereocenters. The summed E-state index contributed by atoms with van der Waals surface area (Å²) in [6.07, 6.45) is 70.7. The summed E-state index contributed by atoms with van der Waals surface area (Å²) in [5.74, 6) is -0.454. The van der Waals surface area contributed by atoms with Crippen LogP contribution in [0.2, 0.25) is 0 Å². The van der Waals surface area contributed by atoms with Crippen LogP contribution in [0.3, 0.4) is 0 Å². The Balaban J connectivity index is 5.25. The predicted octanol–water partition coefficient (Wildman–Crippen LogP) is 26.6. The molecule has 0 aromatic rings. The minimum Gasteiger partial charge on any atom is -0.462 e. The van der Waals surface area contributed by atoms with Crippen LogP contribution < -0.4 is 0 Å². The van der Waals surface area contributed by atoms with Gasteiger partial charge in [-0.2, -0.15) is 0 Å². The number of hydrogen-bond donors (Lipinski definition) is 3. The van der Waals surface area contributed by atoms with Crippen molar-refractivity contribution in [3.63, 3.8) is 0 Å². The van der Waals surface area contributed by atoms with Gasteiger partial charge < -0.3 is 33.8 Å². The van der Waals surface area contributed by atoms with Crippen molar-refractivity contribution in [1.29, 1.82) is 0 Å². The Hall–Kier alpha value is -1.94. The molecule has 0 aromatic heterocycles. The molecule has 0 fully saturated rings. The molecule has 0 saturated carbocycles. The number of unbranched alkanes of at least 4 members (excludes halogenated alkanes) is 55. The van der Waals surface area contributed by atoms with E-state index in [1.54, 1.807) is 0 Å². The van der Waals surface area contributed by atoms with E-state index in [-0.39, 0.29) is 25.7 Å². The molecule has 17 nitrogen and oxygen atoms in total. The molecule has 0 rings (SSSR count). The third-order valence-corrected chi connectivity index (χ3v) is 22.7. The van der Waals surface area contributed by atoms with E-state index in [9.17, 15) is 43.2 Å². The van der Waals surface area contributed by atoms with Crippen LogP contribution in [0.5, 0.6) is 0 Å². The summed E-state index contributed by atoms with van der Waals surface area (Å²) in [5, 5.41) is 10.7. The number of aliphatic hydroxyl groups excluding tert-OH is 1. The molecule has 19 heteroatoms. The number of carbonyl (C=O) groups excluding carboxylic acids is 4. The van der Waals surface area contributed by atoms with Crippen molar-refractivity contribution in [3.8, 4) is 0 Å². The van der Waals surface area contributed by atoms with Gasteiger partial charge in [-0.15, -0.1) is 0 Å². The molecule has 0 amide bonds. The van der Waals surface area contributed by atoms with Gasteiger partial charge in [0.1, 0.15) is 19.3 Å². The van der Waals surface area contributed by atoms with Crippen LogP contribution in [-0.4, -0.2) is 96.7 Å². The van der Waals surface area contributed by atoms with Crippen LogP contribution >= 0.6 is 15.6 Å². The second kappa shape index (κ2) is 78.3. The quantitative estimate of drug-likeness (QED) is 0.0222. The number of carbonyl (C=O) groups is 4. The molecule has 0 aliphatic heterocycles. The van der Waals surface area contributed by atoms with E-state index in [1.165, 1.54) is 283 Å². The van der Waals surface area contributed by atoms with E-state index < -0.39 is 97.5 Å². The van der Waals surface area contributed by atoms with Gasteiger partial charge in [0, 0.05) is 25.7 Å². The highest BCUT2D eigenvalue weighted by Crippen LogP contribution is 2.45. The Labute approximate surface area is 651 Å². The van der Waals surface area contributed by atoms with Gasteiger partial charge in [-0.3, -0.25) is 37.3 Å². The Bertz CT molecular complexity index is 2030. The predicted molar refractivity (Wildman–Crippen MR) is 437 cm³/mol. The topological polar surface area (TPSA) is 237 Å². The first-order valence-electron chi connectivity index (χ1n) is 45.0. The fraction of sp³-hybridized carbons (Fsp3) is 0.954. The van der Waals surface area contributed by atoms with Crippen molar-refractivity contribution in [2.45, 2.75) is 484 Å². The Morgan fingerprint density at radius 1 is 0.274 bits per heavy atom. The number of hydrogen-bond acceptors (Lipinski definition) is 15. The number of ether oxygens (including phenoxy) is 4. The number of aliphatic hydroxyl groups is 1. The van der Waals surface area contributed by atoms with E-state index >= 15 is 0 Å². The summed E-state index contributed by atoms with van der Waals surface area (Å²) in [6, 6.07) is 0. The summed E-state index contributed by atoms with van der Waals surface area (Å²) in [6.45, 7) is 9.75. The zero-order valence-corrected chi connectivity index (χ0v) is 71.5. The summed E-state index contributed by atoms with van der Waals surface area (Å²) in [4.78, 5) is 73.3. The van der Waals surface area contributed by atoms with Gasteiger partial charge in [0.15, 0.2) is 12.2 Å². The third kappa shape index (κ3) is 78.7. The molecule has 0 bridgehead atoms. The second-order valence-corrected chi connectivity index (χ2v) is 34.9. The molecule has 0 spiro atoms. The highest BCUT2D eigenvalue weighted by atomic mass is 31.2. The molecule has 6 atom stereocenters. The number of rotatable bonds is 86. The maximum atomic E-state index is 13.2. The van der Waals surface area contributed by atoms with Crippen LogP contribution in [0.25, 0.3) is 0 Å². The van der Waals surface area contributed by atoms with E-state index in [1.807, 2.05) is 0 Å². The van der Waals surface area contributed by atoms with E-state index in [0.717, 1.165) is 102 Å². The standard InChI is InChI=1S/C87H170O17P2/c1-7-10-12-14-16-18-20-21-22-23-24-25-26-27-35-41-47-53-59-65-71-86(91)104-83(76-98-85(90)70-64-58-52-46-40-34-31-29-33-39-44-50-56-62-68-80(6)9-3)78-102-106(95,96)100-74-81(88)73-99-105(93,94)101-77-82(75-97-84(89)69-63-57-51-45-37-19-17-15-13-11-8-2)103-87(92)72-66-60-54-48-42-36-30-28-32-38-43-49-55-61-67-79(4)5/h79-83,88H,7-78H2,1-6H3,(H,93,94)(H,95,96)/t80?,81-,82+,83+/m0/s1. The van der Waals surface area contributed by atoms with Crippen LogP contribution in [0.15, 0.2) is 0 Å². The number of esters is 4. The van der Waals surface area contributed by atoms with Gasteiger partial charge in [-0.1, -0.05) is 414 Å². The van der Waals surface area contributed by atoms with Crippen molar-refractivity contribution < 1.29 is 80.2 Å². The first kappa shape index (κ1) is 104. The number of phosphoric ester groups is 2. The van der Waals surface area contributed by atoms with Gasteiger partial charge >= 0.3 is 39.5 Å². The highest BCUT2D eigenvalue weighted by Gasteiger charge is 2.30. The van der Waals surface area contributed by atoms with Crippen molar-refractivity contribution in [3.05, 3.63) is 0 Å². The maximum Gasteiger partial charge on any atom is 0.472 e. The van der Waals surface area contributed by atoms with E-state index in [4.69, 9.17) is 37.0 Å². The fourth-order valence-electron chi connectivity index (χ4n) is 13.6. The molecule has 3 N–H and O–H groups in total. The molecule has 0 radical (unpaired) electrons. The molecule has 106 heavy (non-hydrogen) atoms. The lowest BCUT2D eigenvalue weighted by atomic mass is 9.99. The number of phosphoric acid groups is 2. The van der Waals surface area contributed by atoms with Gasteiger partial charge in [0.2, 0.25) is 0 Å². The monoisotopic (exact) mass is 1550 g/mol. The minimum atomic E-state index is -4.97. The summed E-state index contributed by atoms with van der Waals surface area (Å²) < 4.78 is 68.9. The molecule has 0 heterocycles. The van der Waals surface area contributed by atoms with Crippen molar-refractivity contribution in [1.82, 2.24) is 0 Å². The molecule has 0 aromatic carbocycles. The smallest absolute Gasteiger partial charge is 0.462 e. The zero-order chi connectivity index (χ0) is 77.8. The SMILES string of the molecule is CCCCCCCCCCCCCCCCCCCCCCC(=O)O[C@H](COC(=O)CCCCCCCCCCCCCCCCC(C)CC)COP(=O)(O)OC[C@@H](O)COP(=O)(O)OC[C@@H](COC(=O)CCCCCCCCCCCCC)OC(=O)CCCCCCCCCCCCCCCCC(C)C. The van der Waals surface area contributed by atoms with Gasteiger partial charge in [-0.05, 0) is 37.5 Å². The summed E-state index contributed by atoms with van der Waals surface area (Å²) >= 11 is 0. The van der Waals surface area contributed by atoms with Gasteiger partial charge in [0.25, 0.3) is 0 Å². The highest BCUT2D eigenvalue weighted by molar-refractivity contribution is 7.47. The second-order valence-electron chi connectivity index (χ2n) is 32.0. The molecule has 630 valence electrons. The Kier molecular flexibility index (Phi) is 76.9.